The van der Waals surface area contributed by atoms with Gasteiger partial charge in [0.25, 0.3) is 0 Å². The molecule has 2 aromatic rings. The maximum absolute atomic E-state index is 12.4. The average molecular weight is 290 g/mol. The Bertz CT molecular complexity index is 532. The van der Waals surface area contributed by atoms with E-state index in [0.717, 1.165) is 29.0 Å². The summed E-state index contributed by atoms with van der Waals surface area (Å²) in [4.78, 5) is 5.01. The standard InChI is InChI=1S/C11H13F3N4S/c1-2-4-15-10-16-6-8(19-10)7-18-5-3-9(17-18)11(12,13)14/h3,5-6H,2,4,7H2,1H3,(H,15,16). The molecule has 0 saturated heterocycles. The number of nitrogens with one attached hydrogen (secondary N) is 1. The largest absolute Gasteiger partial charge is 0.435 e. The molecule has 0 amide bonds. The summed E-state index contributed by atoms with van der Waals surface area (Å²) >= 11 is 1.42. The molecule has 0 aromatic carbocycles. The molecular weight excluding hydrogens is 277 g/mol. The third-order valence-electron chi connectivity index (χ3n) is 2.33. The van der Waals surface area contributed by atoms with Crippen LogP contribution in [0, 0.1) is 0 Å². The zero-order valence-electron chi connectivity index (χ0n) is 10.2. The SMILES string of the molecule is CCCNc1ncc(Cn2ccc(C(F)(F)F)n2)s1. The molecule has 0 atom stereocenters. The van der Waals surface area contributed by atoms with E-state index in [1.54, 1.807) is 6.20 Å². The lowest BCUT2D eigenvalue weighted by Crippen LogP contribution is -2.08. The molecule has 0 aliphatic rings. The second-order valence-corrected chi connectivity index (χ2v) is 5.07. The summed E-state index contributed by atoms with van der Waals surface area (Å²) in [5.41, 5.74) is -0.874. The highest BCUT2D eigenvalue weighted by Gasteiger charge is 2.33. The van der Waals surface area contributed by atoms with Crippen molar-refractivity contribution in [2.24, 2.45) is 0 Å². The number of hydrogen-bond donors (Lipinski definition) is 1. The summed E-state index contributed by atoms with van der Waals surface area (Å²) in [6, 6.07) is 0.970. The first-order chi connectivity index (χ1) is 8.99. The van der Waals surface area contributed by atoms with Gasteiger partial charge >= 0.3 is 6.18 Å². The zero-order valence-corrected chi connectivity index (χ0v) is 11.1. The number of aromatic nitrogens is 3. The van der Waals surface area contributed by atoms with Gasteiger partial charge in [-0.25, -0.2) is 4.98 Å². The molecule has 8 heteroatoms. The third-order valence-corrected chi connectivity index (χ3v) is 3.27. The minimum Gasteiger partial charge on any atom is -0.362 e. The number of alkyl halides is 3. The molecule has 2 rings (SSSR count). The molecule has 0 unspecified atom stereocenters. The van der Waals surface area contributed by atoms with Gasteiger partial charge in [-0.2, -0.15) is 18.3 Å². The Morgan fingerprint density at radius 1 is 1.42 bits per heavy atom. The van der Waals surface area contributed by atoms with E-state index in [4.69, 9.17) is 0 Å². The van der Waals surface area contributed by atoms with E-state index >= 15 is 0 Å². The maximum atomic E-state index is 12.4. The van der Waals surface area contributed by atoms with Gasteiger partial charge in [-0.3, -0.25) is 4.68 Å². The molecule has 0 fully saturated rings. The lowest BCUT2D eigenvalue weighted by atomic mass is 10.4. The van der Waals surface area contributed by atoms with Crippen molar-refractivity contribution in [1.29, 1.82) is 0 Å². The molecule has 19 heavy (non-hydrogen) atoms. The van der Waals surface area contributed by atoms with Crippen LogP contribution in [0.1, 0.15) is 23.9 Å². The predicted molar refractivity (Wildman–Crippen MR) is 67.2 cm³/mol. The van der Waals surface area contributed by atoms with E-state index in [1.165, 1.54) is 22.2 Å². The molecule has 1 N–H and O–H groups in total. The van der Waals surface area contributed by atoms with Gasteiger partial charge in [-0.15, -0.1) is 11.3 Å². The number of nitrogens with zero attached hydrogens (tertiary/aromatic N) is 3. The number of halogens is 3. The van der Waals surface area contributed by atoms with Gasteiger partial charge in [0.1, 0.15) is 0 Å². The monoisotopic (exact) mass is 290 g/mol. The first-order valence-electron chi connectivity index (χ1n) is 5.78. The highest BCUT2D eigenvalue weighted by Crippen LogP contribution is 2.27. The summed E-state index contributed by atoms with van der Waals surface area (Å²) < 4.78 is 38.4. The molecule has 0 saturated carbocycles. The van der Waals surface area contributed by atoms with Gasteiger partial charge in [-0.1, -0.05) is 6.92 Å². The van der Waals surface area contributed by atoms with Crippen molar-refractivity contribution in [3.8, 4) is 0 Å². The maximum Gasteiger partial charge on any atom is 0.435 e. The van der Waals surface area contributed by atoms with Gasteiger partial charge in [-0.05, 0) is 12.5 Å². The fourth-order valence-electron chi connectivity index (χ4n) is 1.45. The first-order valence-corrected chi connectivity index (χ1v) is 6.60. The highest BCUT2D eigenvalue weighted by atomic mass is 32.1. The second kappa shape index (κ2) is 5.60. The van der Waals surface area contributed by atoms with E-state index < -0.39 is 11.9 Å². The lowest BCUT2D eigenvalue weighted by Gasteiger charge is -2.01. The third kappa shape index (κ3) is 3.69. The van der Waals surface area contributed by atoms with Crippen LogP contribution in [0.2, 0.25) is 0 Å². The van der Waals surface area contributed by atoms with Crippen LogP contribution in [0.4, 0.5) is 18.3 Å². The molecule has 2 heterocycles. The van der Waals surface area contributed by atoms with E-state index in [2.05, 4.69) is 15.4 Å². The van der Waals surface area contributed by atoms with Gasteiger partial charge in [0.15, 0.2) is 10.8 Å². The van der Waals surface area contributed by atoms with Crippen LogP contribution in [-0.4, -0.2) is 21.3 Å². The van der Waals surface area contributed by atoms with Crippen molar-refractivity contribution in [3.63, 3.8) is 0 Å². The Hall–Kier alpha value is -1.57. The minimum absolute atomic E-state index is 0.293. The van der Waals surface area contributed by atoms with Crippen LogP contribution >= 0.6 is 11.3 Å². The summed E-state index contributed by atoms with van der Waals surface area (Å²) in [5.74, 6) is 0. The second-order valence-electron chi connectivity index (χ2n) is 3.95. The van der Waals surface area contributed by atoms with Gasteiger partial charge in [0.05, 0.1) is 6.54 Å². The summed E-state index contributed by atoms with van der Waals surface area (Å²) in [5, 5.41) is 7.40. The fourth-order valence-corrected chi connectivity index (χ4v) is 2.29. The number of rotatable bonds is 5. The zero-order chi connectivity index (χ0) is 13.9. The van der Waals surface area contributed by atoms with Crippen molar-refractivity contribution in [1.82, 2.24) is 14.8 Å². The van der Waals surface area contributed by atoms with Gasteiger partial charge in [0.2, 0.25) is 0 Å². The fraction of sp³-hybridized carbons (Fsp3) is 0.455. The predicted octanol–water partition coefficient (Wildman–Crippen LogP) is 3.23. The Balaban J connectivity index is 2.01. The van der Waals surface area contributed by atoms with Crippen LogP contribution in [0.15, 0.2) is 18.5 Å². The molecule has 4 nitrogen and oxygen atoms in total. The number of anilines is 1. The quantitative estimate of drug-likeness (QED) is 0.919. The minimum atomic E-state index is -4.40. The van der Waals surface area contributed by atoms with Gasteiger partial charge < -0.3 is 5.32 Å². The van der Waals surface area contributed by atoms with Gasteiger partial charge in [0, 0.05) is 23.8 Å². The van der Waals surface area contributed by atoms with Crippen LogP contribution in [0.5, 0.6) is 0 Å². The molecule has 0 spiro atoms. The van der Waals surface area contributed by atoms with Crippen molar-refractivity contribution < 1.29 is 13.2 Å². The Morgan fingerprint density at radius 3 is 2.84 bits per heavy atom. The van der Waals surface area contributed by atoms with E-state index in [0.29, 0.717) is 6.54 Å². The lowest BCUT2D eigenvalue weighted by molar-refractivity contribution is -0.141. The van der Waals surface area contributed by atoms with Crippen LogP contribution in [0.25, 0.3) is 0 Å². The number of thiazole rings is 1. The molecular formula is C11H13F3N4S. The summed E-state index contributed by atoms with van der Waals surface area (Å²) in [6.45, 7) is 3.17. The molecule has 2 aromatic heterocycles. The number of hydrogen-bond acceptors (Lipinski definition) is 4. The van der Waals surface area contributed by atoms with Crippen molar-refractivity contribution in [2.75, 3.05) is 11.9 Å². The van der Waals surface area contributed by atoms with E-state index in [9.17, 15) is 13.2 Å². The Labute approximate surface area is 112 Å². The molecule has 104 valence electrons. The Kier molecular flexibility index (Phi) is 4.08. The summed E-state index contributed by atoms with van der Waals surface area (Å²) in [6.07, 6.45) is -0.435. The first kappa shape index (κ1) is 13.9. The molecule has 0 aliphatic heterocycles. The van der Waals surface area contributed by atoms with Crippen molar-refractivity contribution >= 4 is 16.5 Å². The van der Waals surface area contributed by atoms with Crippen LogP contribution in [-0.2, 0) is 12.7 Å². The molecule has 0 bridgehead atoms. The van der Waals surface area contributed by atoms with Crippen LogP contribution in [0.3, 0.4) is 0 Å². The highest BCUT2D eigenvalue weighted by molar-refractivity contribution is 7.15. The normalized spacial score (nSPS) is 11.8. The van der Waals surface area contributed by atoms with Crippen molar-refractivity contribution in [2.45, 2.75) is 26.1 Å². The smallest absolute Gasteiger partial charge is 0.362 e. The topological polar surface area (TPSA) is 42.7 Å². The molecule has 0 aliphatic carbocycles. The molecule has 0 radical (unpaired) electrons. The Morgan fingerprint density at radius 2 is 2.21 bits per heavy atom. The van der Waals surface area contributed by atoms with Crippen molar-refractivity contribution in [3.05, 3.63) is 29.0 Å². The van der Waals surface area contributed by atoms with Crippen LogP contribution < -0.4 is 5.32 Å². The summed E-state index contributed by atoms with van der Waals surface area (Å²) in [7, 11) is 0. The van der Waals surface area contributed by atoms with E-state index in [-0.39, 0.29) is 0 Å². The average Bonchev–Trinajstić information content (AvgIpc) is 2.95. The van der Waals surface area contributed by atoms with E-state index in [1.807, 2.05) is 6.92 Å².